The van der Waals surface area contributed by atoms with E-state index in [2.05, 4.69) is 27.3 Å². The zero-order valence-electron chi connectivity index (χ0n) is 16.7. The number of hydrogen-bond acceptors (Lipinski definition) is 4. The fourth-order valence-corrected chi connectivity index (χ4v) is 4.26. The summed E-state index contributed by atoms with van der Waals surface area (Å²) in [6, 6.07) is 11.7. The van der Waals surface area contributed by atoms with Gasteiger partial charge in [0.1, 0.15) is 0 Å². The summed E-state index contributed by atoms with van der Waals surface area (Å²) < 4.78 is 0. The maximum absolute atomic E-state index is 12.3. The molecule has 0 radical (unpaired) electrons. The van der Waals surface area contributed by atoms with Crippen molar-refractivity contribution in [3.63, 3.8) is 0 Å². The van der Waals surface area contributed by atoms with Gasteiger partial charge >= 0.3 is 0 Å². The van der Waals surface area contributed by atoms with Gasteiger partial charge in [-0.25, -0.2) is 0 Å². The molecule has 1 aromatic carbocycles. The van der Waals surface area contributed by atoms with Gasteiger partial charge in [-0.2, -0.15) is 0 Å². The van der Waals surface area contributed by atoms with E-state index in [0.717, 1.165) is 50.4 Å². The SMILES string of the molecule is O=C(CCN1CCC(Cc2ccncc2)C1)Nc1ccc(N2CCCC2=O)cc1. The lowest BCUT2D eigenvalue weighted by Crippen LogP contribution is -2.26. The summed E-state index contributed by atoms with van der Waals surface area (Å²) in [5.74, 6) is 0.864. The Morgan fingerprint density at radius 2 is 1.90 bits per heavy atom. The van der Waals surface area contributed by atoms with Crippen molar-refractivity contribution in [2.45, 2.75) is 32.1 Å². The Morgan fingerprint density at radius 1 is 1.10 bits per heavy atom. The molecule has 2 aromatic rings. The third kappa shape index (κ3) is 5.21. The molecule has 1 unspecified atom stereocenters. The lowest BCUT2D eigenvalue weighted by atomic mass is 10.00. The van der Waals surface area contributed by atoms with Crippen molar-refractivity contribution < 1.29 is 9.59 Å². The van der Waals surface area contributed by atoms with Crippen LogP contribution in [-0.4, -0.2) is 47.9 Å². The third-order valence-electron chi connectivity index (χ3n) is 5.83. The van der Waals surface area contributed by atoms with Crippen molar-refractivity contribution in [3.8, 4) is 0 Å². The molecule has 3 heterocycles. The first-order valence-corrected chi connectivity index (χ1v) is 10.5. The fourth-order valence-electron chi connectivity index (χ4n) is 4.26. The van der Waals surface area contributed by atoms with Crippen LogP contribution in [0.25, 0.3) is 0 Å². The standard InChI is InChI=1S/C23H28N4O2/c28-22(25-20-3-5-21(6-4-20)27-13-1-2-23(27)29)10-15-26-14-9-19(17-26)16-18-7-11-24-12-8-18/h3-8,11-12,19H,1-2,9-10,13-17H2,(H,25,28). The van der Waals surface area contributed by atoms with Gasteiger partial charge in [-0.05, 0) is 73.7 Å². The molecule has 4 rings (SSSR count). The van der Waals surface area contributed by atoms with E-state index in [-0.39, 0.29) is 11.8 Å². The van der Waals surface area contributed by atoms with E-state index in [1.165, 1.54) is 12.0 Å². The lowest BCUT2D eigenvalue weighted by Gasteiger charge is -2.17. The molecular weight excluding hydrogens is 364 g/mol. The molecule has 1 atom stereocenters. The molecule has 6 nitrogen and oxygen atoms in total. The Kier molecular flexibility index (Phi) is 6.20. The van der Waals surface area contributed by atoms with Crippen molar-refractivity contribution >= 4 is 23.2 Å². The van der Waals surface area contributed by atoms with Gasteiger partial charge in [0.2, 0.25) is 11.8 Å². The van der Waals surface area contributed by atoms with Crippen LogP contribution in [0.15, 0.2) is 48.8 Å². The van der Waals surface area contributed by atoms with Crippen molar-refractivity contribution in [2.24, 2.45) is 5.92 Å². The predicted molar refractivity (Wildman–Crippen MR) is 114 cm³/mol. The van der Waals surface area contributed by atoms with E-state index >= 15 is 0 Å². The first kappa shape index (κ1) is 19.6. The molecule has 29 heavy (non-hydrogen) atoms. The number of nitrogens with zero attached hydrogens (tertiary/aromatic N) is 3. The highest BCUT2D eigenvalue weighted by Gasteiger charge is 2.23. The van der Waals surface area contributed by atoms with Crippen LogP contribution in [0.5, 0.6) is 0 Å². The summed E-state index contributed by atoms with van der Waals surface area (Å²) in [6.07, 6.45) is 7.99. The Morgan fingerprint density at radius 3 is 2.62 bits per heavy atom. The first-order chi connectivity index (χ1) is 14.2. The van der Waals surface area contributed by atoms with Gasteiger partial charge in [0, 0.05) is 56.2 Å². The number of hydrogen-bond donors (Lipinski definition) is 1. The van der Waals surface area contributed by atoms with E-state index < -0.39 is 0 Å². The number of pyridine rings is 1. The fraction of sp³-hybridized carbons (Fsp3) is 0.435. The van der Waals surface area contributed by atoms with E-state index in [1.54, 1.807) is 4.90 Å². The van der Waals surface area contributed by atoms with E-state index in [9.17, 15) is 9.59 Å². The highest BCUT2D eigenvalue weighted by atomic mass is 16.2. The molecule has 2 aliphatic rings. The molecule has 2 amide bonds. The molecule has 0 aliphatic carbocycles. The highest BCUT2D eigenvalue weighted by molar-refractivity contribution is 5.96. The summed E-state index contributed by atoms with van der Waals surface area (Å²) in [5, 5.41) is 2.97. The van der Waals surface area contributed by atoms with Crippen molar-refractivity contribution in [1.29, 1.82) is 0 Å². The molecule has 2 aliphatic heterocycles. The summed E-state index contributed by atoms with van der Waals surface area (Å²) in [7, 11) is 0. The number of rotatable bonds is 7. The van der Waals surface area contributed by atoms with E-state index in [4.69, 9.17) is 0 Å². The van der Waals surface area contributed by atoms with Crippen LogP contribution in [-0.2, 0) is 16.0 Å². The van der Waals surface area contributed by atoms with E-state index in [1.807, 2.05) is 36.7 Å². The monoisotopic (exact) mass is 392 g/mol. The summed E-state index contributed by atoms with van der Waals surface area (Å²) in [6.45, 7) is 3.68. The van der Waals surface area contributed by atoms with Gasteiger partial charge in [0.15, 0.2) is 0 Å². The number of anilines is 2. The van der Waals surface area contributed by atoms with Gasteiger partial charge in [-0.1, -0.05) is 0 Å². The summed E-state index contributed by atoms with van der Waals surface area (Å²) in [5.41, 5.74) is 3.02. The first-order valence-electron chi connectivity index (χ1n) is 10.5. The van der Waals surface area contributed by atoms with Gasteiger partial charge in [0.25, 0.3) is 0 Å². The second-order valence-corrected chi connectivity index (χ2v) is 8.01. The van der Waals surface area contributed by atoms with Crippen molar-refractivity contribution in [3.05, 3.63) is 54.4 Å². The number of likely N-dealkylation sites (tertiary alicyclic amines) is 1. The molecule has 0 saturated carbocycles. The van der Waals surface area contributed by atoms with Crippen LogP contribution < -0.4 is 10.2 Å². The van der Waals surface area contributed by atoms with Gasteiger partial charge in [0.05, 0.1) is 0 Å². The maximum atomic E-state index is 12.3. The molecule has 1 N–H and O–H groups in total. The average molecular weight is 393 g/mol. The molecule has 2 fully saturated rings. The Hall–Kier alpha value is -2.73. The number of nitrogens with one attached hydrogen (secondary N) is 1. The molecule has 1 aromatic heterocycles. The quantitative estimate of drug-likeness (QED) is 0.786. The van der Waals surface area contributed by atoms with Crippen LogP contribution in [0.3, 0.4) is 0 Å². The normalized spacial score (nSPS) is 19.7. The third-order valence-corrected chi connectivity index (χ3v) is 5.83. The molecule has 0 spiro atoms. The zero-order valence-corrected chi connectivity index (χ0v) is 16.7. The number of carbonyl (C=O) groups excluding carboxylic acids is 2. The maximum Gasteiger partial charge on any atom is 0.227 e. The Labute approximate surface area is 171 Å². The summed E-state index contributed by atoms with van der Waals surface area (Å²) in [4.78, 5) is 32.4. The molecule has 0 bridgehead atoms. The van der Waals surface area contributed by atoms with Gasteiger partial charge < -0.3 is 15.1 Å². The number of benzene rings is 1. The topological polar surface area (TPSA) is 65.5 Å². The van der Waals surface area contributed by atoms with Crippen molar-refractivity contribution in [2.75, 3.05) is 36.4 Å². The minimum absolute atomic E-state index is 0.0348. The molecule has 152 valence electrons. The smallest absolute Gasteiger partial charge is 0.227 e. The van der Waals surface area contributed by atoms with Crippen LogP contribution in [0.1, 0.15) is 31.2 Å². The molecular formula is C23H28N4O2. The predicted octanol–water partition coefficient (Wildman–Crippen LogP) is 3.10. The number of aromatic nitrogens is 1. The zero-order chi connectivity index (χ0) is 20.1. The number of carbonyl (C=O) groups is 2. The summed E-state index contributed by atoms with van der Waals surface area (Å²) >= 11 is 0. The highest BCUT2D eigenvalue weighted by Crippen LogP contribution is 2.23. The van der Waals surface area contributed by atoms with Gasteiger partial charge in [-0.3, -0.25) is 14.6 Å². The second-order valence-electron chi connectivity index (χ2n) is 8.01. The van der Waals surface area contributed by atoms with Crippen molar-refractivity contribution in [1.82, 2.24) is 9.88 Å². The van der Waals surface area contributed by atoms with Crippen LogP contribution >= 0.6 is 0 Å². The minimum atomic E-state index is 0.0348. The van der Waals surface area contributed by atoms with Gasteiger partial charge in [-0.15, -0.1) is 0 Å². The van der Waals surface area contributed by atoms with Crippen LogP contribution in [0, 0.1) is 5.92 Å². The second kappa shape index (κ2) is 9.18. The lowest BCUT2D eigenvalue weighted by molar-refractivity contribution is -0.117. The molecule has 6 heteroatoms. The van der Waals surface area contributed by atoms with Crippen LogP contribution in [0.4, 0.5) is 11.4 Å². The Bertz CT molecular complexity index is 838. The largest absolute Gasteiger partial charge is 0.326 e. The average Bonchev–Trinajstić information content (AvgIpc) is 3.37. The Balaban J connectivity index is 1.20. The van der Waals surface area contributed by atoms with E-state index in [0.29, 0.717) is 18.8 Å². The molecule has 2 saturated heterocycles. The number of amides is 2. The minimum Gasteiger partial charge on any atom is -0.326 e. The van der Waals surface area contributed by atoms with Crippen LogP contribution in [0.2, 0.25) is 0 Å².